The summed E-state index contributed by atoms with van der Waals surface area (Å²) in [6, 6.07) is 10.9. The SMILES string of the molecule is CCn1c(COc2ccc(C(C)C)cc2)nnc1SCC(=O)Nc1ccc(F)cc1F. The molecule has 2 aromatic carbocycles. The van der Waals surface area contributed by atoms with E-state index in [9.17, 15) is 13.6 Å². The van der Waals surface area contributed by atoms with Gasteiger partial charge in [-0.2, -0.15) is 0 Å². The van der Waals surface area contributed by atoms with Gasteiger partial charge >= 0.3 is 0 Å². The zero-order valence-corrected chi connectivity index (χ0v) is 18.4. The second-order valence-electron chi connectivity index (χ2n) is 7.12. The molecule has 1 heterocycles. The number of ether oxygens (including phenoxy) is 1. The molecule has 0 aliphatic heterocycles. The second-order valence-corrected chi connectivity index (χ2v) is 8.06. The van der Waals surface area contributed by atoms with Gasteiger partial charge in [0, 0.05) is 12.6 Å². The van der Waals surface area contributed by atoms with E-state index in [-0.39, 0.29) is 18.0 Å². The smallest absolute Gasteiger partial charge is 0.234 e. The number of halogens is 2. The van der Waals surface area contributed by atoms with Crippen LogP contribution in [-0.4, -0.2) is 26.4 Å². The summed E-state index contributed by atoms with van der Waals surface area (Å²) >= 11 is 1.18. The van der Waals surface area contributed by atoms with Crippen molar-refractivity contribution in [2.75, 3.05) is 11.1 Å². The number of hydrogen-bond donors (Lipinski definition) is 1. The molecule has 0 radical (unpaired) electrons. The molecule has 0 aliphatic carbocycles. The van der Waals surface area contributed by atoms with Crippen LogP contribution in [0.4, 0.5) is 14.5 Å². The molecule has 0 bridgehead atoms. The van der Waals surface area contributed by atoms with E-state index < -0.39 is 17.5 Å². The third-order valence-corrected chi connectivity index (χ3v) is 5.53. The summed E-state index contributed by atoms with van der Waals surface area (Å²) in [4.78, 5) is 12.1. The molecule has 1 amide bonds. The Kier molecular flexibility index (Phi) is 7.62. The molecule has 0 atom stereocenters. The van der Waals surface area contributed by atoms with Crippen molar-refractivity contribution < 1.29 is 18.3 Å². The van der Waals surface area contributed by atoms with Gasteiger partial charge in [0.05, 0.1) is 11.4 Å². The highest BCUT2D eigenvalue weighted by atomic mass is 32.2. The molecule has 6 nitrogen and oxygen atoms in total. The first-order chi connectivity index (χ1) is 14.9. The molecule has 1 N–H and O–H groups in total. The van der Waals surface area contributed by atoms with Gasteiger partial charge in [-0.05, 0) is 42.7 Å². The van der Waals surface area contributed by atoms with Gasteiger partial charge in [-0.1, -0.05) is 37.7 Å². The molecule has 0 saturated carbocycles. The molecule has 9 heteroatoms. The Labute approximate surface area is 184 Å². The van der Waals surface area contributed by atoms with Gasteiger partial charge in [-0.3, -0.25) is 4.79 Å². The van der Waals surface area contributed by atoms with E-state index in [1.165, 1.54) is 23.4 Å². The Morgan fingerprint density at radius 3 is 2.55 bits per heavy atom. The minimum atomic E-state index is -0.823. The number of nitrogens with zero attached hydrogens (tertiary/aromatic N) is 3. The Hall–Kier alpha value is -2.94. The summed E-state index contributed by atoms with van der Waals surface area (Å²) in [5, 5.41) is 11.3. The van der Waals surface area contributed by atoms with Gasteiger partial charge in [-0.15, -0.1) is 10.2 Å². The van der Waals surface area contributed by atoms with Crippen molar-refractivity contribution >= 4 is 23.4 Å². The van der Waals surface area contributed by atoms with Gasteiger partial charge < -0.3 is 14.6 Å². The number of rotatable bonds is 9. The van der Waals surface area contributed by atoms with Crippen LogP contribution in [0.25, 0.3) is 0 Å². The van der Waals surface area contributed by atoms with Gasteiger partial charge in [0.15, 0.2) is 11.0 Å². The van der Waals surface area contributed by atoms with Crippen LogP contribution in [-0.2, 0) is 17.9 Å². The van der Waals surface area contributed by atoms with Crippen LogP contribution in [0.1, 0.15) is 38.1 Å². The van der Waals surface area contributed by atoms with Crippen LogP contribution >= 0.6 is 11.8 Å². The number of carbonyl (C=O) groups excluding carboxylic acids is 1. The van der Waals surface area contributed by atoms with Crippen molar-refractivity contribution in [3.05, 3.63) is 65.5 Å². The molecule has 0 aliphatic rings. The first kappa shape index (κ1) is 22.7. The van der Waals surface area contributed by atoms with Crippen LogP contribution in [0.15, 0.2) is 47.6 Å². The Morgan fingerprint density at radius 1 is 1.16 bits per heavy atom. The van der Waals surface area contributed by atoms with Crippen LogP contribution < -0.4 is 10.1 Å². The number of carbonyl (C=O) groups is 1. The van der Waals surface area contributed by atoms with Gasteiger partial charge in [0.2, 0.25) is 5.91 Å². The molecule has 0 spiro atoms. The zero-order chi connectivity index (χ0) is 22.4. The van der Waals surface area contributed by atoms with E-state index in [1.54, 1.807) is 0 Å². The maximum Gasteiger partial charge on any atom is 0.234 e. The number of benzene rings is 2. The highest BCUT2D eigenvalue weighted by molar-refractivity contribution is 7.99. The minimum absolute atomic E-state index is 0.00642. The maximum atomic E-state index is 13.7. The van der Waals surface area contributed by atoms with Crippen LogP contribution in [0.3, 0.4) is 0 Å². The van der Waals surface area contributed by atoms with Crippen molar-refractivity contribution in [1.29, 1.82) is 0 Å². The van der Waals surface area contributed by atoms with E-state index in [1.807, 2.05) is 35.8 Å². The average Bonchev–Trinajstić information content (AvgIpc) is 3.15. The summed E-state index contributed by atoms with van der Waals surface area (Å²) in [5.74, 6) is -0.111. The fourth-order valence-corrected chi connectivity index (χ4v) is 3.68. The first-order valence-corrected chi connectivity index (χ1v) is 10.9. The summed E-state index contributed by atoms with van der Waals surface area (Å²) in [7, 11) is 0. The summed E-state index contributed by atoms with van der Waals surface area (Å²) in [6.45, 7) is 7.07. The molecule has 164 valence electrons. The molecule has 0 fully saturated rings. The Bertz CT molecular complexity index is 1040. The van der Waals surface area contributed by atoms with Crippen molar-refractivity contribution in [2.24, 2.45) is 0 Å². The van der Waals surface area contributed by atoms with Crippen LogP contribution in [0.2, 0.25) is 0 Å². The van der Waals surface area contributed by atoms with Crippen molar-refractivity contribution in [3.8, 4) is 5.75 Å². The standard InChI is InChI=1S/C22H24F2N4O2S/c1-4-28-20(12-30-17-8-5-15(6-9-17)14(2)3)26-27-22(28)31-13-21(29)25-19-10-7-16(23)11-18(19)24/h5-11,14H,4,12-13H2,1-3H3,(H,25,29). The zero-order valence-electron chi connectivity index (χ0n) is 17.6. The third-order valence-electron chi connectivity index (χ3n) is 4.56. The Balaban J connectivity index is 1.57. The topological polar surface area (TPSA) is 69.0 Å². The van der Waals surface area contributed by atoms with Gasteiger partial charge in [0.1, 0.15) is 24.0 Å². The number of aromatic nitrogens is 3. The monoisotopic (exact) mass is 446 g/mol. The Morgan fingerprint density at radius 2 is 1.90 bits per heavy atom. The predicted octanol–water partition coefficient (Wildman–Crippen LogP) is 5.01. The highest BCUT2D eigenvalue weighted by Gasteiger charge is 2.15. The largest absolute Gasteiger partial charge is 0.486 e. The first-order valence-electron chi connectivity index (χ1n) is 9.90. The lowest BCUT2D eigenvalue weighted by molar-refractivity contribution is -0.113. The maximum absolute atomic E-state index is 13.7. The molecule has 3 aromatic rings. The fourth-order valence-electron chi connectivity index (χ4n) is 2.85. The number of hydrogen-bond acceptors (Lipinski definition) is 5. The van der Waals surface area contributed by atoms with Crippen molar-refractivity contribution in [1.82, 2.24) is 14.8 Å². The lowest BCUT2D eigenvalue weighted by atomic mass is 10.0. The average molecular weight is 447 g/mol. The van der Waals surface area contributed by atoms with E-state index in [4.69, 9.17) is 4.74 Å². The molecule has 3 rings (SSSR count). The summed E-state index contributed by atoms with van der Waals surface area (Å²) < 4.78 is 34.3. The quantitative estimate of drug-likeness (QED) is 0.468. The molecular formula is C22H24F2N4O2S. The molecule has 0 saturated heterocycles. The second kappa shape index (κ2) is 10.4. The lowest BCUT2D eigenvalue weighted by Gasteiger charge is -2.10. The van der Waals surface area contributed by atoms with E-state index >= 15 is 0 Å². The summed E-state index contributed by atoms with van der Waals surface area (Å²) in [5.41, 5.74) is 1.17. The molecule has 31 heavy (non-hydrogen) atoms. The number of amides is 1. The van der Waals surface area contributed by atoms with Crippen molar-refractivity contribution in [3.63, 3.8) is 0 Å². The normalized spacial score (nSPS) is 11.0. The predicted molar refractivity (Wildman–Crippen MR) is 116 cm³/mol. The summed E-state index contributed by atoms with van der Waals surface area (Å²) in [6.07, 6.45) is 0. The number of anilines is 1. The van der Waals surface area contributed by atoms with Crippen molar-refractivity contribution in [2.45, 2.75) is 45.0 Å². The van der Waals surface area contributed by atoms with Crippen LogP contribution in [0, 0.1) is 11.6 Å². The molecule has 0 unspecified atom stereocenters. The highest BCUT2D eigenvalue weighted by Crippen LogP contribution is 2.22. The third kappa shape index (κ3) is 6.04. The van der Waals surface area contributed by atoms with Crippen LogP contribution in [0.5, 0.6) is 5.75 Å². The van der Waals surface area contributed by atoms with Gasteiger partial charge in [0.25, 0.3) is 0 Å². The van der Waals surface area contributed by atoms with E-state index in [2.05, 4.69) is 29.4 Å². The number of thioether (sulfide) groups is 1. The number of nitrogens with one attached hydrogen (secondary N) is 1. The van der Waals surface area contributed by atoms with E-state index in [0.29, 0.717) is 23.4 Å². The van der Waals surface area contributed by atoms with E-state index in [0.717, 1.165) is 17.9 Å². The minimum Gasteiger partial charge on any atom is -0.486 e. The van der Waals surface area contributed by atoms with Gasteiger partial charge in [-0.25, -0.2) is 8.78 Å². The molecule has 1 aromatic heterocycles. The fraction of sp³-hybridized carbons (Fsp3) is 0.318. The molecular weight excluding hydrogens is 422 g/mol. The lowest BCUT2D eigenvalue weighted by Crippen LogP contribution is -2.16.